The Morgan fingerprint density at radius 3 is 2.83 bits per heavy atom. The molecule has 0 amide bonds. The van der Waals surface area contributed by atoms with Crippen molar-refractivity contribution >= 4 is 28.8 Å². The average molecular weight is 195 g/mol. The predicted octanol–water partition coefficient (Wildman–Crippen LogP) is -0.174. The number of hydrogen-bond acceptors (Lipinski definition) is 1. The second kappa shape index (κ2) is 1.70. The van der Waals surface area contributed by atoms with E-state index >= 15 is 0 Å². The van der Waals surface area contributed by atoms with Gasteiger partial charge in [0.25, 0.3) is 0 Å². The molecule has 2 nitrogen and oxygen atoms in total. The summed E-state index contributed by atoms with van der Waals surface area (Å²) in [6.07, 6.45) is 3.78. The van der Waals surface area contributed by atoms with Crippen LogP contribution in [0.2, 0.25) is 0 Å². The van der Waals surface area contributed by atoms with E-state index in [1.54, 1.807) is 5.43 Å². The maximum Gasteiger partial charge on any atom is 0.134 e. The monoisotopic (exact) mass is 195 g/mol. The van der Waals surface area contributed by atoms with Crippen molar-refractivity contribution in [3.63, 3.8) is 0 Å². The van der Waals surface area contributed by atoms with Crippen LogP contribution in [0, 0.1) is 0 Å². The summed E-state index contributed by atoms with van der Waals surface area (Å²) in [6.45, 7) is 0. The van der Waals surface area contributed by atoms with E-state index in [1.807, 2.05) is 12.4 Å². The summed E-state index contributed by atoms with van der Waals surface area (Å²) in [5.41, 5.74) is 1.78. The lowest BCUT2D eigenvalue weighted by molar-refractivity contribution is -0.589. The van der Waals surface area contributed by atoms with Gasteiger partial charge in [0, 0.05) is 0 Å². The fourth-order valence-corrected chi connectivity index (χ4v) is 0.593. The first-order valence-electron chi connectivity index (χ1n) is 1.62. The van der Waals surface area contributed by atoms with Crippen molar-refractivity contribution in [2.45, 2.75) is 0 Å². The molecule has 0 bridgehead atoms. The van der Waals surface area contributed by atoms with Gasteiger partial charge in [-0.1, -0.05) is 5.10 Å². The molecule has 0 saturated heterocycles. The maximum atomic E-state index is 3.81. The van der Waals surface area contributed by atoms with Gasteiger partial charge in [0.05, 0.1) is 3.58 Å². The highest BCUT2D eigenvalue weighted by Crippen LogP contribution is 1.98. The van der Waals surface area contributed by atoms with Gasteiger partial charge in [-0.25, -0.2) is 0 Å². The molecule has 0 unspecified atom stereocenters. The number of rotatable bonds is 0. The minimum atomic E-state index is 1.20. The van der Waals surface area contributed by atoms with E-state index in [2.05, 4.69) is 27.7 Å². The number of quaternary nitrogens is 1. The van der Waals surface area contributed by atoms with Crippen molar-refractivity contribution in [2.24, 2.45) is 5.10 Å². The van der Waals surface area contributed by atoms with Crippen molar-refractivity contribution in [3.8, 4) is 0 Å². The van der Waals surface area contributed by atoms with E-state index in [0.29, 0.717) is 0 Å². The summed E-state index contributed by atoms with van der Waals surface area (Å²) < 4.78 is 1.20. The Labute approximate surface area is 49.5 Å². The quantitative estimate of drug-likeness (QED) is 0.410. The predicted molar refractivity (Wildman–Crippen MR) is 32.5 cm³/mol. The molecular weight excluding hydrogens is 191 g/mol. The fourth-order valence-electron chi connectivity index (χ4n) is 0.272. The Morgan fingerprint density at radius 1 is 1.83 bits per heavy atom. The number of nitrogens with zero attached hydrogens (tertiary/aromatic N) is 1. The van der Waals surface area contributed by atoms with Crippen LogP contribution in [0.5, 0.6) is 0 Å². The van der Waals surface area contributed by atoms with E-state index in [1.165, 1.54) is 3.58 Å². The molecule has 0 fully saturated rings. The molecule has 6 heavy (non-hydrogen) atoms. The van der Waals surface area contributed by atoms with Gasteiger partial charge in [-0.05, 0) is 22.6 Å². The van der Waals surface area contributed by atoms with E-state index in [-0.39, 0.29) is 0 Å². The average Bonchev–Trinajstić information content (AvgIpc) is 1.86. The molecule has 1 heterocycles. The first kappa shape index (κ1) is 4.26. The Bertz CT molecular complexity index is 103. The number of hydrogen-bond donors (Lipinski definition) is 1. The van der Waals surface area contributed by atoms with Crippen LogP contribution in [0.4, 0.5) is 0 Å². The lowest BCUT2D eigenvalue weighted by Gasteiger charge is -1.62. The smallest absolute Gasteiger partial charge is 0.134 e. The summed E-state index contributed by atoms with van der Waals surface area (Å²) in [4.78, 5) is 0. The van der Waals surface area contributed by atoms with E-state index < -0.39 is 0 Å². The second-order valence-corrected chi connectivity index (χ2v) is 2.22. The number of allylic oxidation sites excluding steroid dienone is 1. The van der Waals surface area contributed by atoms with Crippen molar-refractivity contribution in [3.05, 3.63) is 9.78 Å². The zero-order chi connectivity index (χ0) is 4.41. The van der Waals surface area contributed by atoms with Gasteiger partial charge in [-0.3, -0.25) is 0 Å². The van der Waals surface area contributed by atoms with E-state index in [0.717, 1.165) is 0 Å². The van der Waals surface area contributed by atoms with Gasteiger partial charge in [-0.2, -0.15) is 5.43 Å². The van der Waals surface area contributed by atoms with Gasteiger partial charge in [0.15, 0.2) is 0 Å². The molecule has 0 atom stereocenters. The standard InChI is InChI=1S/C3H3IN2/c4-3-1-5-6-2-3/h1-2H,(H,5,6)/p+1. The number of halogens is 1. The Balaban J connectivity index is 2.68. The van der Waals surface area contributed by atoms with Crippen molar-refractivity contribution in [1.29, 1.82) is 0 Å². The van der Waals surface area contributed by atoms with Gasteiger partial charge in [0.1, 0.15) is 12.4 Å². The SMILES string of the molecule is IC1=C[NH2+]N=C1. The van der Waals surface area contributed by atoms with Crippen LogP contribution < -0.4 is 5.43 Å². The third kappa shape index (κ3) is 0.782. The van der Waals surface area contributed by atoms with Gasteiger partial charge in [0.2, 0.25) is 0 Å². The van der Waals surface area contributed by atoms with Crippen LogP contribution >= 0.6 is 22.6 Å². The largest absolute Gasteiger partial charge is 0.193 e. The van der Waals surface area contributed by atoms with Crippen LogP contribution in [0.15, 0.2) is 14.9 Å². The van der Waals surface area contributed by atoms with Crippen molar-refractivity contribution in [1.82, 2.24) is 0 Å². The Hall–Kier alpha value is 0.100. The van der Waals surface area contributed by atoms with Gasteiger partial charge < -0.3 is 0 Å². The zero-order valence-corrected chi connectivity index (χ0v) is 5.21. The van der Waals surface area contributed by atoms with Crippen LogP contribution in [-0.2, 0) is 0 Å². The molecule has 2 N–H and O–H groups in total. The molecule has 0 aromatic carbocycles. The highest BCUT2D eigenvalue weighted by Gasteiger charge is 1.92. The second-order valence-electron chi connectivity index (χ2n) is 0.979. The molecule has 0 aromatic rings. The highest BCUT2D eigenvalue weighted by atomic mass is 127. The normalized spacial score (nSPS) is 18.5. The lowest BCUT2D eigenvalue weighted by Crippen LogP contribution is -2.69. The first-order chi connectivity index (χ1) is 2.89. The van der Waals surface area contributed by atoms with Crippen molar-refractivity contribution < 1.29 is 5.43 Å². The molecule has 0 saturated carbocycles. The molecule has 1 rings (SSSR count). The van der Waals surface area contributed by atoms with Crippen LogP contribution in [0.3, 0.4) is 0 Å². The Kier molecular flexibility index (Phi) is 1.21. The molecule has 1 aliphatic heterocycles. The molecule has 3 heteroatoms. The molecule has 0 spiro atoms. The maximum absolute atomic E-state index is 3.81. The third-order valence-corrected chi connectivity index (χ3v) is 1.16. The number of nitrogens with two attached hydrogens (primary N) is 1. The molecule has 0 radical (unpaired) electrons. The zero-order valence-electron chi connectivity index (χ0n) is 3.06. The third-order valence-electron chi connectivity index (χ3n) is 0.518. The molecule has 1 aliphatic rings. The summed E-state index contributed by atoms with van der Waals surface area (Å²) in [5.74, 6) is 0. The van der Waals surface area contributed by atoms with Crippen LogP contribution in [0.1, 0.15) is 0 Å². The lowest BCUT2D eigenvalue weighted by atomic mass is 10.7. The fraction of sp³-hybridized carbons (Fsp3) is 0. The first-order valence-corrected chi connectivity index (χ1v) is 2.69. The highest BCUT2D eigenvalue weighted by molar-refractivity contribution is 14.1. The van der Waals surface area contributed by atoms with Crippen LogP contribution in [0.25, 0.3) is 0 Å². The molecular formula is C3H4IN2+. The summed E-state index contributed by atoms with van der Waals surface area (Å²) in [5, 5.41) is 3.81. The van der Waals surface area contributed by atoms with E-state index in [4.69, 9.17) is 0 Å². The van der Waals surface area contributed by atoms with Gasteiger partial charge >= 0.3 is 0 Å². The summed E-state index contributed by atoms with van der Waals surface area (Å²) in [7, 11) is 0. The Morgan fingerprint density at radius 2 is 2.67 bits per heavy atom. The summed E-state index contributed by atoms with van der Waals surface area (Å²) >= 11 is 2.21. The summed E-state index contributed by atoms with van der Waals surface area (Å²) in [6, 6.07) is 0. The van der Waals surface area contributed by atoms with Crippen molar-refractivity contribution in [2.75, 3.05) is 0 Å². The minimum absolute atomic E-state index is 1.20. The minimum Gasteiger partial charge on any atom is -0.193 e. The molecule has 0 aromatic heterocycles. The van der Waals surface area contributed by atoms with E-state index in [9.17, 15) is 0 Å². The van der Waals surface area contributed by atoms with Gasteiger partial charge in [-0.15, -0.1) is 0 Å². The van der Waals surface area contributed by atoms with Crippen LogP contribution in [-0.4, -0.2) is 6.21 Å². The molecule has 0 aliphatic carbocycles. The topological polar surface area (TPSA) is 29.0 Å². The molecule has 32 valence electrons.